The largest absolute Gasteiger partial charge is 0.496 e. The Bertz CT molecular complexity index is 1970. The Labute approximate surface area is 321 Å². The Balaban J connectivity index is 1.32. The molecule has 3 aromatic heterocycles. The maximum Gasteiger partial charge on any atom is 0.407 e. The standard InChI is InChI=1S/C40H61N9O4Si/c1-25-20-31(21-32(51-10)26(25)2)47-22-33(41-24-47)43-37-44-35(48-19-13-14-30(48)23-52-54(11,12)40(7,8)9)34-27(3)46-49(36(34)45-37)29-17-15-28(16-18-29)42-38(50)53-39(4,5)6/h20-22,24,28-30H,13-19,23H2,1-12H3,(H,42,50)(H,43,44,45)/t28?,29?,30-/m0/s1. The summed E-state index contributed by atoms with van der Waals surface area (Å²) in [5.74, 6) is 2.82. The van der Waals surface area contributed by atoms with E-state index in [-0.39, 0.29) is 29.3 Å². The number of ether oxygens (including phenoxy) is 2. The smallest absolute Gasteiger partial charge is 0.407 e. The van der Waals surface area contributed by atoms with Crippen molar-refractivity contribution in [2.45, 2.75) is 143 Å². The van der Waals surface area contributed by atoms with Gasteiger partial charge in [0.2, 0.25) is 5.95 Å². The second-order valence-electron chi connectivity index (χ2n) is 17.7. The van der Waals surface area contributed by atoms with Gasteiger partial charge in [-0.3, -0.25) is 0 Å². The monoisotopic (exact) mass is 759 g/mol. The molecule has 14 heteroatoms. The molecule has 2 aliphatic rings. The second kappa shape index (κ2) is 15.2. The van der Waals surface area contributed by atoms with Crippen molar-refractivity contribution in [2.75, 3.05) is 30.5 Å². The van der Waals surface area contributed by atoms with Crippen molar-refractivity contribution in [1.29, 1.82) is 0 Å². The summed E-state index contributed by atoms with van der Waals surface area (Å²) < 4.78 is 22.0. The molecule has 1 atom stereocenters. The number of carbonyl (C=O) groups excluding carboxylic acids is 1. The molecular formula is C40H61N9O4Si. The number of hydrogen-bond acceptors (Lipinski definition) is 10. The molecule has 2 N–H and O–H groups in total. The Hall–Kier alpha value is -4.17. The molecule has 2 fully saturated rings. The minimum Gasteiger partial charge on any atom is -0.496 e. The molecule has 1 saturated heterocycles. The number of rotatable bonds is 10. The van der Waals surface area contributed by atoms with Crippen molar-refractivity contribution in [3.05, 3.63) is 41.5 Å². The van der Waals surface area contributed by atoms with Gasteiger partial charge in [-0.25, -0.2) is 14.5 Å². The van der Waals surface area contributed by atoms with Crippen molar-refractivity contribution < 1.29 is 18.7 Å². The third kappa shape index (κ3) is 8.54. The maximum absolute atomic E-state index is 12.5. The molecular weight excluding hydrogens is 699 g/mol. The van der Waals surface area contributed by atoms with Crippen LogP contribution in [0.3, 0.4) is 0 Å². The lowest BCUT2D eigenvalue weighted by molar-refractivity contribution is 0.0487. The molecule has 1 aromatic carbocycles. The number of aryl methyl sites for hydroxylation is 2. The van der Waals surface area contributed by atoms with Gasteiger partial charge < -0.3 is 34.0 Å². The van der Waals surface area contributed by atoms with Gasteiger partial charge in [0, 0.05) is 18.7 Å². The number of fused-ring (bicyclic) bond motifs is 1. The summed E-state index contributed by atoms with van der Waals surface area (Å²) in [6.07, 6.45) is 8.84. The molecule has 4 aromatic rings. The Morgan fingerprint density at radius 2 is 1.72 bits per heavy atom. The maximum atomic E-state index is 12.5. The average molecular weight is 760 g/mol. The lowest BCUT2D eigenvalue weighted by Crippen LogP contribution is -2.45. The third-order valence-electron chi connectivity index (χ3n) is 11.5. The molecule has 13 nitrogen and oxygen atoms in total. The third-order valence-corrected chi connectivity index (χ3v) is 16.0. The first-order valence-electron chi connectivity index (χ1n) is 19.5. The molecule has 294 valence electrons. The Kier molecular flexibility index (Phi) is 11.1. The Morgan fingerprint density at radius 1 is 1.00 bits per heavy atom. The predicted octanol–water partition coefficient (Wildman–Crippen LogP) is 8.69. The van der Waals surface area contributed by atoms with Crippen LogP contribution in [0.15, 0.2) is 24.7 Å². The molecule has 0 bridgehead atoms. The van der Waals surface area contributed by atoms with Gasteiger partial charge in [0.05, 0.1) is 48.8 Å². The van der Waals surface area contributed by atoms with Gasteiger partial charge in [0.25, 0.3) is 0 Å². The lowest BCUT2D eigenvalue weighted by Gasteiger charge is -2.38. The van der Waals surface area contributed by atoms with Crippen molar-refractivity contribution in [3.63, 3.8) is 0 Å². The Morgan fingerprint density at radius 3 is 2.39 bits per heavy atom. The molecule has 4 heterocycles. The van der Waals surface area contributed by atoms with Gasteiger partial charge in [-0.05, 0) is 115 Å². The zero-order chi connectivity index (χ0) is 39.2. The highest BCUT2D eigenvalue weighted by Crippen LogP contribution is 2.40. The van der Waals surface area contributed by atoms with Gasteiger partial charge in [0.1, 0.15) is 23.5 Å². The van der Waals surface area contributed by atoms with Crippen molar-refractivity contribution in [1.82, 2.24) is 34.6 Å². The van der Waals surface area contributed by atoms with E-state index in [1.54, 1.807) is 13.4 Å². The van der Waals surface area contributed by atoms with Crippen molar-refractivity contribution in [3.8, 4) is 11.4 Å². The van der Waals surface area contributed by atoms with Crippen LogP contribution in [0.2, 0.25) is 18.1 Å². The fourth-order valence-corrected chi connectivity index (χ4v) is 8.31. The SMILES string of the molecule is COc1cc(-n2cnc(Nc3nc(N4CCC[C@H]4CO[Si](C)(C)C(C)(C)C)c4c(C)nn(C5CCC(NC(=O)OC(C)(C)C)CC5)c4n3)c2)cc(C)c1C. The molecule has 1 aliphatic heterocycles. The van der Waals surface area contributed by atoms with E-state index in [0.29, 0.717) is 18.4 Å². The number of aromatic nitrogens is 6. The van der Waals surface area contributed by atoms with Gasteiger partial charge in [0.15, 0.2) is 19.8 Å². The fraction of sp³-hybridized carbons (Fsp3) is 0.625. The summed E-state index contributed by atoms with van der Waals surface area (Å²) in [5, 5.41) is 12.8. The highest BCUT2D eigenvalue weighted by Gasteiger charge is 2.39. The fourth-order valence-electron chi connectivity index (χ4n) is 7.26. The second-order valence-corrected chi connectivity index (χ2v) is 22.5. The highest BCUT2D eigenvalue weighted by atomic mass is 28.4. The zero-order valence-corrected chi connectivity index (χ0v) is 35.5. The summed E-state index contributed by atoms with van der Waals surface area (Å²) in [6.45, 7) is 24.9. The number of nitrogens with one attached hydrogen (secondary N) is 2. The number of imidazole rings is 1. The first kappa shape index (κ1) is 39.5. The quantitative estimate of drug-likeness (QED) is 0.151. The minimum absolute atomic E-state index is 0.0556. The van der Waals surface area contributed by atoms with Crippen molar-refractivity contribution >= 4 is 43.0 Å². The summed E-state index contributed by atoms with van der Waals surface area (Å²) >= 11 is 0. The molecule has 0 spiro atoms. The molecule has 1 aliphatic carbocycles. The van der Waals surface area contributed by atoms with Crippen LogP contribution in [-0.4, -0.2) is 81.7 Å². The number of nitrogens with zero attached hydrogens (tertiary/aromatic N) is 7. The number of carbonyl (C=O) groups is 1. The van der Waals surface area contributed by atoms with Crippen LogP contribution >= 0.6 is 0 Å². The van der Waals surface area contributed by atoms with Crippen LogP contribution in [0.1, 0.15) is 103 Å². The number of hydrogen-bond donors (Lipinski definition) is 2. The molecule has 1 amide bonds. The summed E-state index contributed by atoms with van der Waals surface area (Å²) in [7, 11) is -0.260. The lowest BCUT2D eigenvalue weighted by atomic mass is 9.91. The molecule has 6 rings (SSSR count). The van der Waals surface area contributed by atoms with Gasteiger partial charge in [-0.1, -0.05) is 20.8 Å². The van der Waals surface area contributed by atoms with Gasteiger partial charge >= 0.3 is 6.09 Å². The molecule has 0 unspecified atom stereocenters. The van der Waals surface area contributed by atoms with Crippen molar-refractivity contribution in [2.24, 2.45) is 0 Å². The number of amides is 1. The molecule has 54 heavy (non-hydrogen) atoms. The number of anilines is 3. The van der Waals surface area contributed by atoms with Gasteiger partial charge in [-0.15, -0.1) is 0 Å². The van der Waals surface area contributed by atoms with Gasteiger partial charge in [-0.2, -0.15) is 15.1 Å². The van der Waals surface area contributed by atoms with Crippen LogP contribution in [-0.2, 0) is 9.16 Å². The van der Waals surface area contributed by atoms with E-state index in [0.717, 1.165) is 90.2 Å². The van der Waals surface area contributed by atoms with E-state index in [4.69, 9.17) is 34.0 Å². The van der Waals surface area contributed by atoms with Crippen LogP contribution in [0.25, 0.3) is 16.7 Å². The number of benzene rings is 1. The predicted molar refractivity (Wildman–Crippen MR) is 217 cm³/mol. The summed E-state index contributed by atoms with van der Waals surface area (Å²) in [4.78, 5) is 30.0. The number of alkyl carbamates (subject to hydrolysis) is 1. The van der Waals surface area contributed by atoms with E-state index in [1.807, 2.05) is 37.6 Å². The van der Waals surface area contributed by atoms with E-state index < -0.39 is 13.9 Å². The highest BCUT2D eigenvalue weighted by molar-refractivity contribution is 6.74. The molecule has 1 saturated carbocycles. The van der Waals surface area contributed by atoms with E-state index >= 15 is 0 Å². The minimum atomic E-state index is -1.96. The topological polar surface area (TPSA) is 133 Å². The summed E-state index contributed by atoms with van der Waals surface area (Å²) in [6, 6.07) is 4.53. The van der Waals surface area contributed by atoms with E-state index in [9.17, 15) is 4.79 Å². The zero-order valence-electron chi connectivity index (χ0n) is 34.5. The first-order valence-corrected chi connectivity index (χ1v) is 22.4. The first-order chi connectivity index (χ1) is 25.3. The summed E-state index contributed by atoms with van der Waals surface area (Å²) in [5.41, 5.74) is 4.39. The van der Waals surface area contributed by atoms with Crippen LogP contribution in [0.4, 0.5) is 22.4 Å². The molecule has 0 radical (unpaired) electrons. The van der Waals surface area contributed by atoms with E-state index in [2.05, 4.69) is 80.9 Å². The van der Waals surface area contributed by atoms with Crippen LogP contribution in [0.5, 0.6) is 5.75 Å². The average Bonchev–Trinajstić information content (AvgIpc) is 3.83. The van der Waals surface area contributed by atoms with Crippen LogP contribution < -0.4 is 20.3 Å². The number of methoxy groups -OCH3 is 1. The van der Waals surface area contributed by atoms with Crippen LogP contribution in [0, 0.1) is 20.8 Å². The normalized spacial score (nSPS) is 19.7. The van der Waals surface area contributed by atoms with E-state index in [1.165, 1.54) is 0 Å².